The van der Waals surface area contributed by atoms with E-state index < -0.39 is 0 Å². The van der Waals surface area contributed by atoms with Gasteiger partial charge in [-0.05, 0) is 36.1 Å². The maximum absolute atomic E-state index is 12.7. The lowest BCUT2D eigenvalue weighted by Gasteiger charge is -2.42. The van der Waals surface area contributed by atoms with Gasteiger partial charge in [0, 0.05) is 19.1 Å². The van der Waals surface area contributed by atoms with Gasteiger partial charge in [-0.15, -0.1) is 12.4 Å². The number of amides is 1. The lowest BCUT2D eigenvalue weighted by atomic mass is 9.79. The summed E-state index contributed by atoms with van der Waals surface area (Å²) < 4.78 is 16.7. The molecule has 2 N–H and O–H groups in total. The Morgan fingerprint density at radius 1 is 1.26 bits per heavy atom. The van der Waals surface area contributed by atoms with Crippen molar-refractivity contribution in [3.8, 4) is 11.5 Å². The number of nitrogens with two attached hydrogens (primary N) is 1. The van der Waals surface area contributed by atoms with Crippen LogP contribution < -0.4 is 15.2 Å². The molecule has 0 bridgehead atoms. The molecule has 1 amide bonds. The summed E-state index contributed by atoms with van der Waals surface area (Å²) in [6, 6.07) is 11.0. The standard InChI is InChI=1S/C20H26N2O4.ClH/c1-20(2)13-22(11-10-18(20)21)19(23)17-9-8-14(26-17)12-25-16-7-5-4-6-15(16)24-3;/h4-9,18H,10-13,21H2,1-3H3;1H. The first-order valence-corrected chi connectivity index (χ1v) is 8.80. The molecule has 1 aromatic heterocycles. The van der Waals surface area contributed by atoms with Gasteiger partial charge in [0.1, 0.15) is 12.4 Å². The largest absolute Gasteiger partial charge is 0.493 e. The number of rotatable bonds is 5. The molecule has 1 atom stereocenters. The Balaban J connectivity index is 0.00000261. The molecule has 6 nitrogen and oxygen atoms in total. The molecule has 1 saturated heterocycles. The van der Waals surface area contributed by atoms with E-state index in [1.54, 1.807) is 19.2 Å². The summed E-state index contributed by atoms with van der Waals surface area (Å²) in [5.41, 5.74) is 6.05. The Bertz CT molecular complexity index is 775. The topological polar surface area (TPSA) is 77.9 Å². The minimum atomic E-state index is -0.103. The lowest BCUT2D eigenvalue weighted by Crippen LogP contribution is -2.53. The van der Waals surface area contributed by atoms with Gasteiger partial charge in [0.15, 0.2) is 17.3 Å². The number of para-hydroxylation sites is 2. The number of benzene rings is 1. The van der Waals surface area contributed by atoms with Crippen molar-refractivity contribution in [1.82, 2.24) is 4.90 Å². The van der Waals surface area contributed by atoms with Crippen molar-refractivity contribution in [3.05, 3.63) is 47.9 Å². The zero-order valence-electron chi connectivity index (χ0n) is 15.9. The number of furan rings is 1. The van der Waals surface area contributed by atoms with Gasteiger partial charge in [-0.1, -0.05) is 26.0 Å². The SMILES string of the molecule is COc1ccccc1OCc1ccc(C(=O)N2CCC(N)C(C)(C)C2)o1.Cl. The average molecular weight is 395 g/mol. The van der Waals surface area contributed by atoms with Gasteiger partial charge in [-0.3, -0.25) is 4.79 Å². The van der Waals surface area contributed by atoms with E-state index in [2.05, 4.69) is 13.8 Å². The molecular weight excluding hydrogens is 368 g/mol. The Kier molecular flexibility index (Phi) is 6.78. The van der Waals surface area contributed by atoms with Crippen LogP contribution in [0.4, 0.5) is 0 Å². The molecule has 1 aromatic carbocycles. The highest BCUT2D eigenvalue weighted by atomic mass is 35.5. The van der Waals surface area contributed by atoms with Crippen molar-refractivity contribution in [1.29, 1.82) is 0 Å². The molecule has 7 heteroatoms. The maximum atomic E-state index is 12.7. The van der Waals surface area contributed by atoms with E-state index in [1.165, 1.54) is 0 Å². The highest BCUT2D eigenvalue weighted by Crippen LogP contribution is 2.29. The molecular formula is C20H27ClN2O4. The summed E-state index contributed by atoms with van der Waals surface area (Å²) in [6.07, 6.45) is 0.795. The second-order valence-corrected chi connectivity index (χ2v) is 7.32. The highest BCUT2D eigenvalue weighted by molar-refractivity contribution is 5.91. The van der Waals surface area contributed by atoms with E-state index in [9.17, 15) is 4.79 Å². The maximum Gasteiger partial charge on any atom is 0.289 e. The summed E-state index contributed by atoms with van der Waals surface area (Å²) in [6.45, 7) is 5.68. The van der Waals surface area contributed by atoms with Crippen LogP contribution in [0.5, 0.6) is 11.5 Å². The Morgan fingerprint density at radius 2 is 1.96 bits per heavy atom. The number of hydrogen-bond donors (Lipinski definition) is 1. The number of hydrogen-bond acceptors (Lipinski definition) is 5. The van der Waals surface area contributed by atoms with Crippen LogP contribution in [0.2, 0.25) is 0 Å². The van der Waals surface area contributed by atoms with Gasteiger partial charge in [0.2, 0.25) is 0 Å². The predicted molar refractivity (Wildman–Crippen MR) is 106 cm³/mol. The molecule has 1 aliphatic heterocycles. The van der Waals surface area contributed by atoms with Crippen molar-refractivity contribution in [2.24, 2.45) is 11.1 Å². The second-order valence-electron chi connectivity index (χ2n) is 7.32. The number of likely N-dealkylation sites (tertiary alicyclic amines) is 1. The molecule has 0 spiro atoms. The number of methoxy groups -OCH3 is 1. The molecule has 2 heterocycles. The minimum absolute atomic E-state index is 0. The normalized spacial score (nSPS) is 18.5. The monoisotopic (exact) mass is 394 g/mol. The highest BCUT2D eigenvalue weighted by Gasteiger charge is 2.36. The fraction of sp³-hybridized carbons (Fsp3) is 0.450. The number of nitrogens with zero attached hydrogens (tertiary/aromatic N) is 1. The fourth-order valence-corrected chi connectivity index (χ4v) is 3.16. The summed E-state index contributed by atoms with van der Waals surface area (Å²) in [7, 11) is 1.60. The number of piperidine rings is 1. The molecule has 0 aliphatic carbocycles. The first-order chi connectivity index (χ1) is 12.4. The molecule has 1 fully saturated rings. The third kappa shape index (κ3) is 4.76. The quantitative estimate of drug-likeness (QED) is 0.839. The smallest absolute Gasteiger partial charge is 0.289 e. The number of halogens is 1. The van der Waals surface area contributed by atoms with E-state index in [0.717, 1.165) is 6.42 Å². The first-order valence-electron chi connectivity index (χ1n) is 8.80. The van der Waals surface area contributed by atoms with Gasteiger partial charge >= 0.3 is 0 Å². The van der Waals surface area contributed by atoms with Crippen LogP contribution in [0.1, 0.15) is 36.6 Å². The van der Waals surface area contributed by atoms with Crippen LogP contribution in [-0.4, -0.2) is 37.0 Å². The fourth-order valence-electron chi connectivity index (χ4n) is 3.16. The molecule has 1 unspecified atom stereocenters. The van der Waals surface area contributed by atoms with E-state index in [4.69, 9.17) is 19.6 Å². The third-order valence-electron chi connectivity index (χ3n) is 4.91. The van der Waals surface area contributed by atoms with Crippen molar-refractivity contribution in [2.45, 2.75) is 32.9 Å². The number of carbonyl (C=O) groups excluding carboxylic acids is 1. The molecule has 3 rings (SSSR count). The van der Waals surface area contributed by atoms with Gasteiger partial charge in [0.05, 0.1) is 7.11 Å². The Labute approximate surface area is 166 Å². The van der Waals surface area contributed by atoms with Gasteiger partial charge in [0.25, 0.3) is 5.91 Å². The average Bonchev–Trinajstić information content (AvgIpc) is 3.10. The van der Waals surface area contributed by atoms with Crippen LogP contribution in [0.3, 0.4) is 0 Å². The molecule has 0 radical (unpaired) electrons. The van der Waals surface area contributed by atoms with E-state index in [1.807, 2.05) is 29.2 Å². The van der Waals surface area contributed by atoms with Crippen LogP contribution in [0.15, 0.2) is 40.8 Å². The molecule has 27 heavy (non-hydrogen) atoms. The van der Waals surface area contributed by atoms with Crippen molar-refractivity contribution in [2.75, 3.05) is 20.2 Å². The first kappa shape index (κ1) is 21.1. The summed E-state index contributed by atoms with van der Waals surface area (Å²) >= 11 is 0. The van der Waals surface area contributed by atoms with Crippen molar-refractivity contribution < 1.29 is 18.7 Å². The molecule has 1 aliphatic rings. The van der Waals surface area contributed by atoms with Crippen molar-refractivity contribution >= 4 is 18.3 Å². The summed E-state index contributed by atoms with van der Waals surface area (Å²) in [5.74, 6) is 2.10. The lowest BCUT2D eigenvalue weighted by molar-refractivity contribution is 0.0500. The van der Waals surface area contributed by atoms with E-state index >= 15 is 0 Å². The van der Waals surface area contributed by atoms with Crippen molar-refractivity contribution in [3.63, 3.8) is 0 Å². The summed E-state index contributed by atoms with van der Waals surface area (Å²) in [4.78, 5) is 14.5. The number of carbonyl (C=O) groups is 1. The van der Waals surface area contributed by atoms with Crippen LogP contribution in [0, 0.1) is 5.41 Å². The number of ether oxygens (including phenoxy) is 2. The third-order valence-corrected chi connectivity index (χ3v) is 4.91. The van der Waals surface area contributed by atoms with Crippen LogP contribution >= 0.6 is 12.4 Å². The van der Waals surface area contributed by atoms with Gasteiger partial charge < -0.3 is 24.5 Å². The predicted octanol–water partition coefficient (Wildman–Crippen LogP) is 3.49. The van der Waals surface area contributed by atoms with E-state index in [0.29, 0.717) is 36.1 Å². The van der Waals surface area contributed by atoms with Crippen LogP contribution in [-0.2, 0) is 6.61 Å². The zero-order valence-corrected chi connectivity index (χ0v) is 16.8. The Hall–Kier alpha value is -2.18. The summed E-state index contributed by atoms with van der Waals surface area (Å²) in [5, 5.41) is 0. The van der Waals surface area contributed by atoms with E-state index in [-0.39, 0.29) is 36.4 Å². The second kappa shape index (κ2) is 8.67. The zero-order chi connectivity index (χ0) is 18.7. The Morgan fingerprint density at radius 3 is 2.63 bits per heavy atom. The van der Waals surface area contributed by atoms with Gasteiger partial charge in [-0.25, -0.2) is 0 Å². The van der Waals surface area contributed by atoms with Gasteiger partial charge in [-0.2, -0.15) is 0 Å². The minimum Gasteiger partial charge on any atom is -0.493 e. The van der Waals surface area contributed by atoms with Crippen LogP contribution in [0.25, 0.3) is 0 Å². The molecule has 2 aromatic rings. The molecule has 0 saturated carbocycles. The molecule has 148 valence electrons.